The first kappa shape index (κ1) is 15.1. The Morgan fingerprint density at radius 3 is 2.40 bits per heavy atom. The Hall–Kier alpha value is -1.31. The molecule has 1 fully saturated rings. The fourth-order valence-corrected chi connectivity index (χ4v) is 4.24. The number of carbonyl (C=O) groups is 1. The number of hydrogen-bond acceptors (Lipinski definition) is 4. The minimum atomic E-state index is -3.66. The highest BCUT2D eigenvalue weighted by Gasteiger charge is 2.32. The van der Waals surface area contributed by atoms with Crippen molar-refractivity contribution in [2.24, 2.45) is 11.7 Å². The van der Waals surface area contributed by atoms with Crippen LogP contribution in [0.1, 0.15) is 12.8 Å². The molecule has 0 unspecified atom stereocenters. The molecule has 0 radical (unpaired) electrons. The summed E-state index contributed by atoms with van der Waals surface area (Å²) in [4.78, 5) is 11.1. The number of rotatable bonds is 3. The van der Waals surface area contributed by atoms with Gasteiger partial charge in [-0.3, -0.25) is 4.79 Å². The summed E-state index contributed by atoms with van der Waals surface area (Å²) in [6, 6.07) is 4.30. The number of sulfonamides is 1. The van der Waals surface area contributed by atoms with Gasteiger partial charge in [-0.2, -0.15) is 4.31 Å². The number of amides is 1. The predicted octanol–water partition coefficient (Wildman–Crippen LogP) is 0.808. The van der Waals surface area contributed by atoms with Crippen molar-refractivity contribution in [2.75, 3.05) is 18.8 Å². The van der Waals surface area contributed by atoms with Crippen molar-refractivity contribution < 1.29 is 13.2 Å². The number of carbonyl (C=O) groups excluding carboxylic acids is 1. The molecule has 1 aliphatic rings. The Bertz CT molecular complexity index is 625. The zero-order valence-corrected chi connectivity index (χ0v) is 12.3. The first-order valence-electron chi connectivity index (χ1n) is 6.17. The van der Waals surface area contributed by atoms with Crippen LogP contribution >= 0.6 is 11.6 Å². The van der Waals surface area contributed by atoms with Gasteiger partial charge in [-0.25, -0.2) is 8.42 Å². The lowest BCUT2D eigenvalue weighted by Gasteiger charge is -2.29. The van der Waals surface area contributed by atoms with Crippen molar-refractivity contribution in [1.29, 1.82) is 0 Å². The number of piperidine rings is 1. The molecule has 8 heteroatoms. The molecule has 0 bridgehead atoms. The van der Waals surface area contributed by atoms with Crippen LogP contribution in [0.15, 0.2) is 23.1 Å². The van der Waals surface area contributed by atoms with Crippen LogP contribution in [0.2, 0.25) is 5.02 Å². The monoisotopic (exact) mass is 317 g/mol. The second-order valence-corrected chi connectivity index (χ2v) is 7.08. The molecule has 2 rings (SSSR count). The molecule has 110 valence electrons. The number of benzene rings is 1. The number of nitrogens with zero attached hydrogens (tertiary/aromatic N) is 1. The minimum absolute atomic E-state index is 0.0332. The van der Waals surface area contributed by atoms with Crippen LogP contribution in [0.4, 0.5) is 5.69 Å². The van der Waals surface area contributed by atoms with E-state index < -0.39 is 10.0 Å². The zero-order chi connectivity index (χ0) is 14.9. The van der Waals surface area contributed by atoms with Crippen LogP contribution < -0.4 is 11.5 Å². The molecule has 0 aromatic heterocycles. The summed E-state index contributed by atoms with van der Waals surface area (Å²) in [5, 5.41) is 0.0991. The van der Waals surface area contributed by atoms with Crippen LogP contribution in [0.25, 0.3) is 0 Å². The lowest BCUT2D eigenvalue weighted by molar-refractivity contribution is -0.122. The van der Waals surface area contributed by atoms with Gasteiger partial charge in [-0.15, -0.1) is 0 Å². The summed E-state index contributed by atoms with van der Waals surface area (Å²) in [6.45, 7) is 0.521. The summed E-state index contributed by atoms with van der Waals surface area (Å²) >= 11 is 5.95. The fraction of sp³-hybridized carbons (Fsp3) is 0.417. The Labute approximate surface area is 122 Å². The average Bonchev–Trinajstić information content (AvgIpc) is 2.38. The quantitative estimate of drug-likeness (QED) is 0.804. The Morgan fingerprint density at radius 2 is 1.90 bits per heavy atom. The molecule has 0 aliphatic carbocycles. The maximum Gasteiger partial charge on any atom is 0.244 e. The number of halogens is 1. The van der Waals surface area contributed by atoms with Gasteiger partial charge in [0.1, 0.15) is 4.90 Å². The molecule has 6 nitrogen and oxygen atoms in total. The molecule has 0 saturated carbocycles. The van der Waals surface area contributed by atoms with Gasteiger partial charge in [-0.1, -0.05) is 11.6 Å². The summed E-state index contributed by atoms with van der Waals surface area (Å²) < 4.78 is 26.3. The van der Waals surface area contributed by atoms with Gasteiger partial charge in [0, 0.05) is 24.7 Å². The number of nitrogen functional groups attached to an aromatic ring is 1. The normalized spacial score (nSPS) is 18.1. The third-order valence-electron chi connectivity index (χ3n) is 3.43. The molecule has 1 aromatic rings. The number of hydrogen-bond donors (Lipinski definition) is 2. The highest BCUT2D eigenvalue weighted by atomic mass is 35.5. The third-order valence-corrected chi connectivity index (χ3v) is 5.81. The van der Waals surface area contributed by atoms with Gasteiger partial charge in [0.2, 0.25) is 15.9 Å². The highest BCUT2D eigenvalue weighted by Crippen LogP contribution is 2.29. The van der Waals surface area contributed by atoms with Gasteiger partial charge in [0.05, 0.1) is 5.02 Å². The van der Waals surface area contributed by atoms with Gasteiger partial charge in [-0.05, 0) is 31.0 Å². The van der Waals surface area contributed by atoms with E-state index in [2.05, 4.69) is 0 Å². The van der Waals surface area contributed by atoms with Crippen molar-refractivity contribution in [2.45, 2.75) is 17.7 Å². The molecule has 0 spiro atoms. The summed E-state index contributed by atoms with van der Waals surface area (Å²) in [5.41, 5.74) is 11.2. The first-order valence-corrected chi connectivity index (χ1v) is 7.98. The molecule has 0 atom stereocenters. The molecule has 1 aliphatic heterocycles. The van der Waals surface area contributed by atoms with Crippen LogP contribution in [0.5, 0.6) is 0 Å². The Morgan fingerprint density at radius 1 is 1.30 bits per heavy atom. The molecular weight excluding hydrogens is 302 g/mol. The number of nitrogens with two attached hydrogens (primary N) is 2. The molecule has 1 saturated heterocycles. The maximum atomic E-state index is 12.5. The molecule has 1 amide bonds. The van der Waals surface area contributed by atoms with E-state index >= 15 is 0 Å². The Balaban J connectivity index is 2.22. The lowest BCUT2D eigenvalue weighted by Crippen LogP contribution is -2.41. The van der Waals surface area contributed by atoms with Gasteiger partial charge < -0.3 is 11.5 Å². The second kappa shape index (κ2) is 5.59. The van der Waals surface area contributed by atoms with Crippen LogP contribution in [0, 0.1) is 5.92 Å². The predicted molar refractivity (Wildman–Crippen MR) is 76.5 cm³/mol. The van der Waals surface area contributed by atoms with Crippen molar-refractivity contribution in [3.05, 3.63) is 23.2 Å². The van der Waals surface area contributed by atoms with E-state index in [-0.39, 0.29) is 34.8 Å². The van der Waals surface area contributed by atoms with Crippen LogP contribution in [-0.2, 0) is 14.8 Å². The van der Waals surface area contributed by atoms with Crippen molar-refractivity contribution in [1.82, 2.24) is 4.31 Å². The lowest BCUT2D eigenvalue weighted by atomic mass is 9.98. The molecule has 20 heavy (non-hydrogen) atoms. The number of anilines is 1. The van der Waals surface area contributed by atoms with E-state index in [1.54, 1.807) is 0 Å². The number of primary amides is 1. The van der Waals surface area contributed by atoms with Gasteiger partial charge in [0.25, 0.3) is 0 Å². The molecular formula is C12H16ClN3O3S. The summed E-state index contributed by atoms with van der Waals surface area (Å²) in [5.74, 6) is -0.643. The topological polar surface area (TPSA) is 106 Å². The standard InChI is InChI=1S/C12H16ClN3O3S/c13-10-7-9(14)1-2-11(10)20(18,19)16-5-3-8(4-6-16)12(15)17/h1-2,7-8H,3-6,14H2,(H2,15,17). The zero-order valence-electron chi connectivity index (χ0n) is 10.8. The molecule has 1 heterocycles. The largest absolute Gasteiger partial charge is 0.399 e. The average molecular weight is 318 g/mol. The van der Waals surface area contributed by atoms with Crippen LogP contribution in [-0.4, -0.2) is 31.7 Å². The van der Waals surface area contributed by atoms with E-state index in [0.717, 1.165) is 0 Å². The van der Waals surface area contributed by atoms with Crippen molar-refractivity contribution in [3.63, 3.8) is 0 Å². The van der Waals surface area contributed by atoms with Crippen LogP contribution in [0.3, 0.4) is 0 Å². The molecule has 1 aromatic carbocycles. The highest BCUT2D eigenvalue weighted by molar-refractivity contribution is 7.89. The second-order valence-electron chi connectivity index (χ2n) is 4.77. The summed E-state index contributed by atoms with van der Waals surface area (Å²) in [6.07, 6.45) is 0.863. The van der Waals surface area contributed by atoms with E-state index in [1.807, 2.05) is 0 Å². The minimum Gasteiger partial charge on any atom is -0.399 e. The fourth-order valence-electron chi connectivity index (χ4n) is 2.25. The van der Waals surface area contributed by atoms with E-state index in [1.165, 1.54) is 22.5 Å². The third kappa shape index (κ3) is 2.89. The smallest absolute Gasteiger partial charge is 0.244 e. The van der Waals surface area contributed by atoms with Gasteiger partial charge in [0.15, 0.2) is 0 Å². The van der Waals surface area contributed by atoms with Gasteiger partial charge >= 0.3 is 0 Å². The Kier molecular flexibility index (Phi) is 4.22. The van der Waals surface area contributed by atoms with E-state index in [0.29, 0.717) is 18.5 Å². The van der Waals surface area contributed by atoms with Crippen molar-refractivity contribution in [3.8, 4) is 0 Å². The van der Waals surface area contributed by atoms with E-state index in [9.17, 15) is 13.2 Å². The van der Waals surface area contributed by atoms with Crippen molar-refractivity contribution >= 4 is 33.2 Å². The molecule has 4 N–H and O–H groups in total. The SMILES string of the molecule is NC(=O)C1CCN(S(=O)(=O)c2ccc(N)cc2Cl)CC1. The maximum absolute atomic E-state index is 12.5. The first-order chi connectivity index (χ1) is 9.32. The summed E-state index contributed by atoms with van der Waals surface area (Å²) in [7, 11) is -3.66. The van der Waals surface area contributed by atoms with E-state index in [4.69, 9.17) is 23.1 Å².